The van der Waals surface area contributed by atoms with E-state index in [0.29, 0.717) is 6.04 Å². The van der Waals surface area contributed by atoms with Gasteiger partial charge in [0.15, 0.2) is 0 Å². The second kappa shape index (κ2) is 8.82. The topological polar surface area (TPSA) is 66.2 Å². The molecule has 6 nitrogen and oxygen atoms in total. The summed E-state index contributed by atoms with van der Waals surface area (Å²) in [7, 11) is 4.06. The fourth-order valence-electron chi connectivity index (χ4n) is 4.14. The van der Waals surface area contributed by atoms with Gasteiger partial charge in [-0.05, 0) is 69.3 Å². The summed E-state index contributed by atoms with van der Waals surface area (Å²) in [6.07, 6.45) is 4.74. The highest BCUT2D eigenvalue weighted by atomic mass is 16.3. The number of hydrogen-bond donors (Lipinski definition) is 2. The quantitative estimate of drug-likeness (QED) is 0.622. The molecule has 2 aromatic heterocycles. The van der Waals surface area contributed by atoms with Crippen LogP contribution in [0.1, 0.15) is 37.2 Å². The molecule has 3 aromatic rings. The maximum atomic E-state index is 5.62. The third-order valence-corrected chi connectivity index (χ3v) is 5.71. The summed E-state index contributed by atoms with van der Waals surface area (Å²) in [5, 5.41) is 8.22. The summed E-state index contributed by atoms with van der Waals surface area (Å²) in [6.45, 7) is 3.84. The van der Waals surface area contributed by atoms with Gasteiger partial charge in [0.2, 0.25) is 5.95 Å². The minimum Gasteiger partial charge on any atom is -0.465 e. The van der Waals surface area contributed by atoms with Crippen LogP contribution >= 0.6 is 0 Å². The van der Waals surface area contributed by atoms with Crippen molar-refractivity contribution < 1.29 is 4.42 Å². The molecule has 0 radical (unpaired) electrons. The molecule has 4 rings (SSSR count). The van der Waals surface area contributed by atoms with Gasteiger partial charge in [-0.1, -0.05) is 12.1 Å². The maximum absolute atomic E-state index is 5.62. The monoisotopic (exact) mass is 393 g/mol. The van der Waals surface area contributed by atoms with Gasteiger partial charge in [0.05, 0.1) is 12.1 Å². The molecule has 6 heteroatoms. The second-order valence-corrected chi connectivity index (χ2v) is 8.29. The number of rotatable bonds is 7. The summed E-state index contributed by atoms with van der Waals surface area (Å²) < 4.78 is 5.62. The number of furan rings is 1. The van der Waals surface area contributed by atoms with Crippen molar-refractivity contribution in [2.45, 2.75) is 45.2 Å². The highest BCUT2D eigenvalue weighted by Crippen LogP contribution is 2.28. The van der Waals surface area contributed by atoms with Gasteiger partial charge in [-0.3, -0.25) is 0 Å². The predicted molar refractivity (Wildman–Crippen MR) is 118 cm³/mol. The number of aromatic nitrogens is 2. The van der Waals surface area contributed by atoms with Crippen LogP contribution in [-0.2, 0) is 6.54 Å². The number of para-hydroxylation sites is 1. The van der Waals surface area contributed by atoms with E-state index in [1.54, 1.807) is 0 Å². The summed E-state index contributed by atoms with van der Waals surface area (Å²) in [4.78, 5) is 11.6. The molecule has 0 unspecified atom stereocenters. The summed E-state index contributed by atoms with van der Waals surface area (Å²) in [6, 6.07) is 12.7. The number of anilines is 2. The zero-order valence-electron chi connectivity index (χ0n) is 17.6. The van der Waals surface area contributed by atoms with Crippen LogP contribution in [0.25, 0.3) is 10.9 Å². The SMILES string of the molecule is Cc1ccc(CNCC2CCC(Nc3nc(N(C)C)c4ccccc4n3)CC2)o1. The van der Waals surface area contributed by atoms with Crippen molar-refractivity contribution in [2.24, 2.45) is 5.92 Å². The molecule has 0 bridgehead atoms. The average Bonchev–Trinajstić information content (AvgIpc) is 3.13. The van der Waals surface area contributed by atoms with Crippen LogP contribution in [0.15, 0.2) is 40.8 Å². The zero-order valence-corrected chi connectivity index (χ0v) is 17.6. The first-order valence-corrected chi connectivity index (χ1v) is 10.5. The first-order valence-electron chi connectivity index (χ1n) is 10.5. The Morgan fingerprint density at radius 2 is 1.83 bits per heavy atom. The lowest BCUT2D eigenvalue weighted by Crippen LogP contribution is -2.31. The third kappa shape index (κ3) is 4.88. The predicted octanol–water partition coefficient (Wildman–Crippen LogP) is 4.36. The van der Waals surface area contributed by atoms with Crippen molar-refractivity contribution >= 4 is 22.7 Å². The minimum atomic E-state index is 0.440. The Morgan fingerprint density at radius 3 is 2.55 bits per heavy atom. The standard InChI is InChI=1S/C23H31N5O/c1-16-8-13-19(29-16)15-24-14-17-9-11-18(12-10-17)25-23-26-21-7-5-4-6-20(21)22(27-23)28(2)3/h4-8,13,17-18,24H,9-12,14-15H2,1-3H3,(H,25,26,27). The van der Waals surface area contributed by atoms with E-state index in [1.807, 2.05) is 39.2 Å². The van der Waals surface area contributed by atoms with Crippen LogP contribution in [0.5, 0.6) is 0 Å². The number of hydrogen-bond acceptors (Lipinski definition) is 6. The molecule has 29 heavy (non-hydrogen) atoms. The lowest BCUT2D eigenvalue weighted by Gasteiger charge is -2.29. The highest BCUT2D eigenvalue weighted by molar-refractivity contribution is 5.90. The molecule has 0 spiro atoms. The lowest BCUT2D eigenvalue weighted by atomic mass is 9.86. The largest absolute Gasteiger partial charge is 0.465 e. The number of nitrogens with zero attached hydrogens (tertiary/aromatic N) is 3. The molecular weight excluding hydrogens is 362 g/mol. The van der Waals surface area contributed by atoms with Crippen LogP contribution in [0.3, 0.4) is 0 Å². The van der Waals surface area contributed by atoms with E-state index < -0.39 is 0 Å². The Balaban J connectivity index is 1.30. The normalized spacial score (nSPS) is 19.4. The van der Waals surface area contributed by atoms with Crippen molar-refractivity contribution in [3.8, 4) is 0 Å². The highest BCUT2D eigenvalue weighted by Gasteiger charge is 2.22. The summed E-state index contributed by atoms with van der Waals surface area (Å²) >= 11 is 0. The first kappa shape index (κ1) is 19.7. The number of benzene rings is 1. The van der Waals surface area contributed by atoms with E-state index in [4.69, 9.17) is 14.4 Å². The van der Waals surface area contributed by atoms with Crippen molar-refractivity contribution in [1.82, 2.24) is 15.3 Å². The molecule has 2 N–H and O–H groups in total. The second-order valence-electron chi connectivity index (χ2n) is 8.29. The van der Waals surface area contributed by atoms with Gasteiger partial charge in [0.1, 0.15) is 17.3 Å². The Hall–Kier alpha value is -2.60. The third-order valence-electron chi connectivity index (χ3n) is 5.71. The molecule has 1 saturated carbocycles. The van der Waals surface area contributed by atoms with Crippen LogP contribution < -0.4 is 15.5 Å². The molecule has 1 aliphatic rings. The molecule has 0 aliphatic heterocycles. The first-order chi connectivity index (χ1) is 14.1. The number of fused-ring (bicyclic) bond motifs is 1. The molecule has 0 amide bonds. The smallest absolute Gasteiger partial charge is 0.225 e. The average molecular weight is 394 g/mol. The van der Waals surface area contributed by atoms with Gasteiger partial charge in [0, 0.05) is 25.5 Å². The Kier molecular flexibility index (Phi) is 6.00. The maximum Gasteiger partial charge on any atom is 0.225 e. The molecule has 0 atom stereocenters. The van der Waals surface area contributed by atoms with Crippen LogP contribution in [0.4, 0.5) is 11.8 Å². The zero-order chi connectivity index (χ0) is 20.2. The minimum absolute atomic E-state index is 0.440. The van der Waals surface area contributed by atoms with Gasteiger partial charge >= 0.3 is 0 Å². The summed E-state index contributed by atoms with van der Waals surface area (Å²) in [5.41, 5.74) is 0.986. The fourth-order valence-corrected chi connectivity index (χ4v) is 4.14. The number of aryl methyl sites for hydroxylation is 1. The van der Waals surface area contributed by atoms with Crippen molar-refractivity contribution in [3.05, 3.63) is 47.9 Å². The Morgan fingerprint density at radius 1 is 1.03 bits per heavy atom. The Labute approximate surface area is 172 Å². The van der Waals surface area contributed by atoms with E-state index in [2.05, 4.69) is 33.7 Å². The van der Waals surface area contributed by atoms with Crippen LogP contribution in [-0.4, -0.2) is 36.6 Å². The molecule has 1 aliphatic carbocycles. The Bertz CT molecular complexity index is 943. The molecule has 2 heterocycles. The lowest BCUT2D eigenvalue weighted by molar-refractivity contribution is 0.319. The molecular formula is C23H31N5O. The summed E-state index contributed by atoms with van der Waals surface area (Å²) in [5.74, 6) is 4.41. The van der Waals surface area contributed by atoms with E-state index in [9.17, 15) is 0 Å². The molecule has 154 valence electrons. The van der Waals surface area contributed by atoms with Crippen molar-refractivity contribution in [3.63, 3.8) is 0 Å². The molecule has 0 saturated heterocycles. The fraction of sp³-hybridized carbons (Fsp3) is 0.478. The van der Waals surface area contributed by atoms with Gasteiger partial charge in [-0.25, -0.2) is 4.98 Å². The van der Waals surface area contributed by atoms with Gasteiger partial charge < -0.3 is 20.0 Å². The van der Waals surface area contributed by atoms with E-state index in [-0.39, 0.29) is 0 Å². The van der Waals surface area contributed by atoms with Gasteiger partial charge in [0.25, 0.3) is 0 Å². The van der Waals surface area contributed by atoms with Crippen molar-refractivity contribution in [2.75, 3.05) is 30.9 Å². The van der Waals surface area contributed by atoms with E-state index in [0.717, 1.165) is 66.0 Å². The van der Waals surface area contributed by atoms with E-state index >= 15 is 0 Å². The molecule has 1 aromatic carbocycles. The number of nitrogens with one attached hydrogen (secondary N) is 2. The van der Waals surface area contributed by atoms with Crippen molar-refractivity contribution in [1.29, 1.82) is 0 Å². The van der Waals surface area contributed by atoms with Gasteiger partial charge in [-0.2, -0.15) is 4.98 Å². The van der Waals surface area contributed by atoms with Crippen LogP contribution in [0, 0.1) is 12.8 Å². The van der Waals surface area contributed by atoms with E-state index in [1.165, 1.54) is 12.8 Å². The van der Waals surface area contributed by atoms with Crippen LogP contribution in [0.2, 0.25) is 0 Å². The van der Waals surface area contributed by atoms with Gasteiger partial charge in [-0.15, -0.1) is 0 Å². The molecule has 1 fully saturated rings.